The lowest BCUT2D eigenvalue weighted by Gasteiger charge is -2.04. The maximum absolute atomic E-state index is 12.8. The Morgan fingerprint density at radius 1 is 1.21 bits per heavy atom. The molecule has 0 N–H and O–H groups in total. The van der Waals surface area contributed by atoms with Crippen molar-refractivity contribution in [2.45, 2.75) is 19.9 Å². The lowest BCUT2D eigenvalue weighted by atomic mass is 10.2. The van der Waals surface area contributed by atoms with E-state index in [1.165, 1.54) is 17.4 Å². The summed E-state index contributed by atoms with van der Waals surface area (Å²) >= 11 is 1.40. The highest BCUT2D eigenvalue weighted by Gasteiger charge is 2.15. The van der Waals surface area contributed by atoms with Crippen LogP contribution in [0, 0.1) is 0 Å². The summed E-state index contributed by atoms with van der Waals surface area (Å²) in [4.78, 5) is 29.8. The fourth-order valence-electron chi connectivity index (χ4n) is 3.06. The predicted octanol–water partition coefficient (Wildman–Crippen LogP) is 3.97. The van der Waals surface area contributed by atoms with Gasteiger partial charge in [0.15, 0.2) is 4.80 Å². The SMILES string of the molecule is CCCn1c(=NC(=O)c2cc3ccccc3oc2=O)sc2ccc(OC)cc21. The second-order valence-electron chi connectivity index (χ2n) is 6.27. The Morgan fingerprint density at radius 2 is 2.04 bits per heavy atom. The summed E-state index contributed by atoms with van der Waals surface area (Å²) in [7, 11) is 1.62. The first-order chi connectivity index (χ1) is 13.6. The Morgan fingerprint density at radius 3 is 2.82 bits per heavy atom. The summed E-state index contributed by atoms with van der Waals surface area (Å²) in [5.41, 5.74) is 0.636. The number of methoxy groups -OCH3 is 1. The number of carbonyl (C=O) groups is 1. The number of thiazole rings is 1. The second kappa shape index (κ2) is 7.44. The third kappa shape index (κ3) is 3.25. The molecular formula is C21H18N2O4S. The highest BCUT2D eigenvalue weighted by molar-refractivity contribution is 7.16. The van der Waals surface area contributed by atoms with E-state index >= 15 is 0 Å². The van der Waals surface area contributed by atoms with E-state index in [4.69, 9.17) is 9.15 Å². The Hall–Kier alpha value is -3.19. The predicted molar refractivity (Wildman–Crippen MR) is 109 cm³/mol. The molecule has 0 aliphatic rings. The van der Waals surface area contributed by atoms with Crippen molar-refractivity contribution in [1.29, 1.82) is 0 Å². The van der Waals surface area contributed by atoms with Crippen LogP contribution in [-0.4, -0.2) is 17.6 Å². The molecule has 0 fully saturated rings. The minimum atomic E-state index is -0.683. The average molecular weight is 394 g/mol. The molecule has 0 atom stereocenters. The van der Waals surface area contributed by atoms with Crippen LogP contribution < -0.4 is 15.2 Å². The number of fused-ring (bicyclic) bond motifs is 2. The van der Waals surface area contributed by atoms with Crippen molar-refractivity contribution in [2.24, 2.45) is 4.99 Å². The standard InChI is InChI=1S/C21H18N2O4S/c1-3-10-23-16-12-14(26-2)8-9-18(16)28-21(23)22-19(24)15-11-13-6-4-5-7-17(13)27-20(15)25/h4-9,11-12H,3,10H2,1-2H3. The molecule has 0 radical (unpaired) electrons. The van der Waals surface area contributed by atoms with E-state index in [9.17, 15) is 9.59 Å². The largest absolute Gasteiger partial charge is 0.497 e. The van der Waals surface area contributed by atoms with Gasteiger partial charge in [0.05, 0.1) is 17.3 Å². The summed E-state index contributed by atoms with van der Waals surface area (Å²) in [5.74, 6) is 0.131. The van der Waals surface area contributed by atoms with Crippen LogP contribution in [0.5, 0.6) is 5.75 Å². The lowest BCUT2D eigenvalue weighted by molar-refractivity contribution is 0.0994. The van der Waals surface area contributed by atoms with E-state index in [2.05, 4.69) is 11.9 Å². The minimum Gasteiger partial charge on any atom is -0.497 e. The normalized spacial score (nSPS) is 12.0. The van der Waals surface area contributed by atoms with Crippen molar-refractivity contribution >= 4 is 38.4 Å². The summed E-state index contributed by atoms with van der Waals surface area (Å²) < 4.78 is 13.5. The van der Waals surface area contributed by atoms with E-state index in [1.54, 1.807) is 25.3 Å². The molecule has 142 valence electrons. The quantitative estimate of drug-likeness (QED) is 0.491. The van der Waals surface area contributed by atoms with Gasteiger partial charge in [-0.1, -0.05) is 36.5 Å². The molecule has 0 unspecified atom stereocenters. The topological polar surface area (TPSA) is 73.8 Å². The van der Waals surface area contributed by atoms with Crippen LogP contribution in [0.25, 0.3) is 21.2 Å². The van der Waals surface area contributed by atoms with Crippen LogP contribution in [0.4, 0.5) is 0 Å². The molecule has 28 heavy (non-hydrogen) atoms. The Bertz CT molecular complexity index is 1310. The number of hydrogen-bond donors (Lipinski definition) is 0. The van der Waals surface area contributed by atoms with Gasteiger partial charge in [0.1, 0.15) is 16.9 Å². The van der Waals surface area contributed by atoms with Crippen molar-refractivity contribution in [2.75, 3.05) is 7.11 Å². The highest BCUT2D eigenvalue weighted by atomic mass is 32.1. The van der Waals surface area contributed by atoms with Crippen molar-refractivity contribution in [3.8, 4) is 5.75 Å². The zero-order chi connectivity index (χ0) is 19.7. The number of rotatable bonds is 4. The smallest absolute Gasteiger partial charge is 0.349 e. The molecule has 0 bridgehead atoms. The fraction of sp³-hybridized carbons (Fsp3) is 0.190. The number of aromatic nitrogens is 1. The summed E-state index contributed by atoms with van der Waals surface area (Å²) in [6.07, 6.45) is 0.878. The summed E-state index contributed by atoms with van der Waals surface area (Å²) in [5, 5.41) is 0.683. The number of ether oxygens (including phenoxy) is 1. The summed E-state index contributed by atoms with van der Waals surface area (Å²) in [6, 6.07) is 14.4. The third-order valence-electron chi connectivity index (χ3n) is 4.41. The maximum Gasteiger partial charge on any atom is 0.349 e. The van der Waals surface area contributed by atoms with Crippen molar-refractivity contribution in [3.05, 3.63) is 69.3 Å². The third-order valence-corrected chi connectivity index (χ3v) is 5.46. The Labute approximate surface area is 164 Å². The lowest BCUT2D eigenvalue weighted by Crippen LogP contribution is -2.19. The molecule has 2 heterocycles. The van der Waals surface area contributed by atoms with Crippen molar-refractivity contribution in [3.63, 3.8) is 0 Å². The second-order valence-corrected chi connectivity index (χ2v) is 7.28. The van der Waals surface area contributed by atoms with Crippen LogP contribution in [0.2, 0.25) is 0 Å². The van der Waals surface area contributed by atoms with Crippen LogP contribution in [0.1, 0.15) is 23.7 Å². The molecule has 2 aromatic heterocycles. The molecule has 0 saturated carbocycles. The molecule has 0 aliphatic heterocycles. The van der Waals surface area contributed by atoms with Crippen molar-refractivity contribution < 1.29 is 13.9 Å². The number of para-hydroxylation sites is 1. The van der Waals surface area contributed by atoms with Gasteiger partial charge >= 0.3 is 5.63 Å². The molecule has 1 amide bonds. The molecule has 6 nitrogen and oxygen atoms in total. The van der Waals surface area contributed by atoms with Gasteiger partial charge in [0.2, 0.25) is 0 Å². The fourth-order valence-corrected chi connectivity index (χ4v) is 4.09. The molecular weight excluding hydrogens is 376 g/mol. The van der Waals surface area contributed by atoms with E-state index in [1.807, 2.05) is 28.8 Å². The van der Waals surface area contributed by atoms with Crippen LogP contribution in [0.3, 0.4) is 0 Å². The van der Waals surface area contributed by atoms with Crippen LogP contribution in [0.15, 0.2) is 62.7 Å². The van der Waals surface area contributed by atoms with E-state index in [0.29, 0.717) is 22.3 Å². The average Bonchev–Trinajstić information content (AvgIpc) is 3.04. The molecule has 7 heteroatoms. The Kier molecular flexibility index (Phi) is 4.83. The maximum atomic E-state index is 12.8. The van der Waals surface area contributed by atoms with Gasteiger partial charge < -0.3 is 13.7 Å². The number of benzene rings is 2. The zero-order valence-electron chi connectivity index (χ0n) is 15.5. The van der Waals surface area contributed by atoms with Crippen LogP contribution in [-0.2, 0) is 6.54 Å². The highest BCUT2D eigenvalue weighted by Crippen LogP contribution is 2.23. The monoisotopic (exact) mass is 394 g/mol. The van der Waals surface area contributed by atoms with Gasteiger partial charge in [-0.25, -0.2) is 4.79 Å². The summed E-state index contributed by atoms with van der Waals surface area (Å²) in [6.45, 7) is 2.76. The van der Waals surface area contributed by atoms with Gasteiger partial charge in [-0.05, 0) is 30.7 Å². The number of amides is 1. The number of aryl methyl sites for hydroxylation is 1. The van der Waals surface area contributed by atoms with E-state index in [0.717, 1.165) is 22.4 Å². The van der Waals surface area contributed by atoms with Gasteiger partial charge in [0.25, 0.3) is 5.91 Å². The zero-order valence-corrected chi connectivity index (χ0v) is 16.3. The molecule has 4 rings (SSSR count). The molecule has 0 spiro atoms. The number of carbonyl (C=O) groups excluding carboxylic acids is 1. The first-order valence-corrected chi connectivity index (χ1v) is 9.71. The number of nitrogens with zero attached hydrogens (tertiary/aromatic N) is 2. The van der Waals surface area contributed by atoms with Gasteiger partial charge in [-0.3, -0.25) is 4.79 Å². The van der Waals surface area contributed by atoms with Crippen LogP contribution >= 0.6 is 11.3 Å². The first-order valence-electron chi connectivity index (χ1n) is 8.90. The molecule has 4 aromatic rings. The number of hydrogen-bond acceptors (Lipinski definition) is 5. The molecule has 2 aromatic carbocycles. The van der Waals surface area contributed by atoms with E-state index < -0.39 is 11.5 Å². The Balaban J connectivity index is 1.87. The molecule has 0 saturated heterocycles. The van der Waals surface area contributed by atoms with Gasteiger partial charge in [0, 0.05) is 18.0 Å². The van der Waals surface area contributed by atoms with E-state index in [-0.39, 0.29) is 5.56 Å². The van der Waals surface area contributed by atoms with Gasteiger partial charge in [-0.2, -0.15) is 4.99 Å². The minimum absolute atomic E-state index is 0.0724. The van der Waals surface area contributed by atoms with Gasteiger partial charge in [-0.15, -0.1) is 0 Å². The molecule has 0 aliphatic carbocycles. The first kappa shape index (κ1) is 18.2. The van der Waals surface area contributed by atoms with Crippen molar-refractivity contribution in [1.82, 2.24) is 4.57 Å².